The first-order valence-electron chi connectivity index (χ1n) is 10.6. The summed E-state index contributed by atoms with van der Waals surface area (Å²) in [5.41, 5.74) is 0. The third kappa shape index (κ3) is 4.01. The maximum Gasteiger partial charge on any atom is 0.243 e. The summed E-state index contributed by atoms with van der Waals surface area (Å²) < 4.78 is 44.3. The second kappa shape index (κ2) is 8.16. The van der Waals surface area contributed by atoms with Crippen molar-refractivity contribution in [1.82, 2.24) is 14.3 Å². The molecule has 1 saturated carbocycles. The van der Waals surface area contributed by atoms with Crippen molar-refractivity contribution >= 4 is 15.8 Å². The molecule has 166 valence electrons. The number of hydrogen-bond acceptors (Lipinski definition) is 8. The molecular weight excluding hydrogens is 420 g/mol. The largest absolute Gasteiger partial charge is 0.486 e. The van der Waals surface area contributed by atoms with Gasteiger partial charge in [-0.1, -0.05) is 0 Å². The highest BCUT2D eigenvalue weighted by Gasteiger charge is 2.39. The molecule has 0 radical (unpaired) electrons. The van der Waals surface area contributed by atoms with Gasteiger partial charge in [0.15, 0.2) is 11.5 Å². The molecule has 1 aliphatic carbocycles. The van der Waals surface area contributed by atoms with Gasteiger partial charge in [-0.2, -0.15) is 4.31 Å². The fourth-order valence-electron chi connectivity index (χ4n) is 4.30. The van der Waals surface area contributed by atoms with Gasteiger partial charge in [-0.05, 0) is 37.8 Å². The van der Waals surface area contributed by atoms with Crippen molar-refractivity contribution in [3.8, 4) is 17.4 Å². The molecule has 9 nitrogen and oxygen atoms in total. The molecule has 0 spiro atoms. The number of hydrogen-bond donors (Lipinski definition) is 0. The van der Waals surface area contributed by atoms with E-state index < -0.39 is 10.0 Å². The van der Waals surface area contributed by atoms with Crippen molar-refractivity contribution in [3.63, 3.8) is 0 Å². The molecule has 2 aliphatic heterocycles. The molecule has 2 fully saturated rings. The lowest BCUT2D eigenvalue weighted by Gasteiger charge is -2.39. The lowest BCUT2D eigenvalue weighted by molar-refractivity contribution is 0.171. The summed E-state index contributed by atoms with van der Waals surface area (Å²) in [6, 6.07) is 7.38. The molecule has 0 bridgehead atoms. The second-order valence-corrected chi connectivity index (χ2v) is 9.94. The summed E-state index contributed by atoms with van der Waals surface area (Å²) >= 11 is 0. The number of ether oxygens (including phenoxy) is 3. The SMILES string of the molecule is COc1cc(N(C2CC2)C2CCN(S(=O)(=O)c3ccc4c(c3)OCCO4)CC2)ncn1. The normalized spacial score (nSPS) is 19.8. The van der Waals surface area contributed by atoms with E-state index in [4.69, 9.17) is 14.2 Å². The predicted molar refractivity (Wildman–Crippen MR) is 113 cm³/mol. The highest BCUT2D eigenvalue weighted by Crippen LogP contribution is 2.37. The van der Waals surface area contributed by atoms with Crippen LogP contribution < -0.4 is 19.1 Å². The maximum atomic E-state index is 13.2. The van der Waals surface area contributed by atoms with Crippen molar-refractivity contribution in [3.05, 3.63) is 30.6 Å². The van der Waals surface area contributed by atoms with Gasteiger partial charge < -0.3 is 19.1 Å². The van der Waals surface area contributed by atoms with Gasteiger partial charge in [0.05, 0.1) is 12.0 Å². The number of fused-ring (bicyclic) bond motifs is 1. The van der Waals surface area contributed by atoms with Crippen molar-refractivity contribution in [2.75, 3.05) is 38.3 Å². The monoisotopic (exact) mass is 446 g/mol. The summed E-state index contributed by atoms with van der Waals surface area (Å²) in [4.78, 5) is 11.1. The van der Waals surface area contributed by atoms with E-state index >= 15 is 0 Å². The Morgan fingerprint density at radius 1 is 1.00 bits per heavy atom. The summed E-state index contributed by atoms with van der Waals surface area (Å²) in [7, 11) is -2.00. The molecule has 3 aliphatic rings. The zero-order chi connectivity index (χ0) is 21.4. The standard InChI is InChI=1S/C21H26N4O5S/c1-28-21-13-20(22-14-23-21)25(15-2-3-15)16-6-8-24(9-7-16)31(26,27)17-4-5-18-19(12-17)30-11-10-29-18/h4-5,12-16H,2-3,6-11H2,1H3. The summed E-state index contributed by atoms with van der Waals surface area (Å²) in [5, 5.41) is 0. The van der Waals surface area contributed by atoms with Gasteiger partial charge in [0.2, 0.25) is 15.9 Å². The Bertz CT molecular complexity index is 1050. The number of rotatable bonds is 6. The van der Waals surface area contributed by atoms with Crippen LogP contribution >= 0.6 is 0 Å². The van der Waals surface area contributed by atoms with Crippen LogP contribution in [0, 0.1) is 0 Å². The fraction of sp³-hybridized carbons (Fsp3) is 0.524. The number of anilines is 1. The van der Waals surface area contributed by atoms with Gasteiger partial charge in [-0.25, -0.2) is 18.4 Å². The molecule has 1 saturated heterocycles. The summed E-state index contributed by atoms with van der Waals surface area (Å²) in [6.07, 6.45) is 5.26. The molecule has 2 aromatic rings. The van der Waals surface area contributed by atoms with Crippen LogP contribution in [-0.2, 0) is 10.0 Å². The topological polar surface area (TPSA) is 94.1 Å². The van der Waals surface area contributed by atoms with E-state index in [0.717, 1.165) is 31.5 Å². The average Bonchev–Trinajstić information content (AvgIpc) is 3.64. The van der Waals surface area contributed by atoms with Gasteiger partial charge in [0.25, 0.3) is 0 Å². The molecule has 5 rings (SSSR count). The van der Waals surface area contributed by atoms with Gasteiger partial charge >= 0.3 is 0 Å². The first-order valence-corrected chi connectivity index (χ1v) is 12.0. The molecule has 0 atom stereocenters. The van der Waals surface area contributed by atoms with E-state index in [9.17, 15) is 8.42 Å². The molecule has 31 heavy (non-hydrogen) atoms. The minimum absolute atomic E-state index is 0.235. The van der Waals surface area contributed by atoms with Crippen LogP contribution in [0.1, 0.15) is 25.7 Å². The quantitative estimate of drug-likeness (QED) is 0.666. The highest BCUT2D eigenvalue weighted by molar-refractivity contribution is 7.89. The van der Waals surface area contributed by atoms with E-state index in [1.165, 1.54) is 6.33 Å². The van der Waals surface area contributed by atoms with Gasteiger partial charge in [0, 0.05) is 37.3 Å². The van der Waals surface area contributed by atoms with Gasteiger partial charge in [0.1, 0.15) is 25.4 Å². The number of sulfonamides is 1. The minimum atomic E-state index is -3.59. The molecule has 3 heterocycles. The molecule has 10 heteroatoms. The fourth-order valence-corrected chi connectivity index (χ4v) is 5.79. The van der Waals surface area contributed by atoms with Crippen LogP contribution in [0.3, 0.4) is 0 Å². The number of nitrogens with zero attached hydrogens (tertiary/aromatic N) is 4. The third-order valence-electron chi connectivity index (χ3n) is 6.01. The first-order chi connectivity index (χ1) is 15.1. The smallest absolute Gasteiger partial charge is 0.243 e. The van der Waals surface area contributed by atoms with Gasteiger partial charge in [-0.3, -0.25) is 0 Å². The lowest BCUT2D eigenvalue weighted by atomic mass is 10.0. The Kier molecular flexibility index (Phi) is 5.35. The molecule has 1 aromatic carbocycles. The van der Waals surface area contributed by atoms with Crippen LogP contribution in [0.15, 0.2) is 35.5 Å². The zero-order valence-electron chi connectivity index (χ0n) is 17.4. The van der Waals surface area contributed by atoms with Crippen molar-refractivity contribution < 1.29 is 22.6 Å². The van der Waals surface area contributed by atoms with Crippen LogP contribution in [-0.4, -0.2) is 68.2 Å². The molecule has 1 aromatic heterocycles. The van der Waals surface area contributed by atoms with Crippen LogP contribution in [0.4, 0.5) is 5.82 Å². The lowest BCUT2D eigenvalue weighted by Crippen LogP contribution is -2.48. The van der Waals surface area contributed by atoms with E-state index in [1.54, 1.807) is 29.6 Å². The number of piperidine rings is 1. The van der Waals surface area contributed by atoms with Crippen molar-refractivity contribution in [2.45, 2.75) is 42.7 Å². The zero-order valence-corrected chi connectivity index (χ0v) is 18.3. The van der Waals surface area contributed by atoms with Crippen molar-refractivity contribution in [1.29, 1.82) is 0 Å². The Morgan fingerprint density at radius 2 is 1.71 bits per heavy atom. The highest BCUT2D eigenvalue weighted by atomic mass is 32.2. The summed E-state index contributed by atoms with van der Waals surface area (Å²) in [6.45, 7) is 1.83. The third-order valence-corrected chi connectivity index (χ3v) is 7.90. The van der Waals surface area contributed by atoms with E-state index in [2.05, 4.69) is 14.9 Å². The van der Waals surface area contributed by atoms with Crippen LogP contribution in [0.25, 0.3) is 0 Å². The number of aromatic nitrogens is 2. The minimum Gasteiger partial charge on any atom is -0.486 e. The first kappa shape index (κ1) is 20.3. The Balaban J connectivity index is 1.31. The predicted octanol–water partition coefficient (Wildman–Crippen LogP) is 2.08. The van der Waals surface area contributed by atoms with E-state index in [1.807, 2.05) is 6.07 Å². The van der Waals surface area contributed by atoms with Crippen LogP contribution in [0.2, 0.25) is 0 Å². The van der Waals surface area contributed by atoms with Crippen LogP contribution in [0.5, 0.6) is 17.4 Å². The van der Waals surface area contributed by atoms with E-state index in [-0.39, 0.29) is 10.9 Å². The average molecular weight is 447 g/mol. The number of benzene rings is 1. The Morgan fingerprint density at radius 3 is 2.42 bits per heavy atom. The Labute approximate surface area is 182 Å². The molecule has 0 amide bonds. The second-order valence-electron chi connectivity index (χ2n) is 8.00. The molecule has 0 N–H and O–H groups in total. The molecule has 0 unspecified atom stereocenters. The summed E-state index contributed by atoms with van der Waals surface area (Å²) in [5.74, 6) is 2.46. The van der Waals surface area contributed by atoms with Crippen molar-refractivity contribution in [2.24, 2.45) is 0 Å². The Hall–Kier alpha value is -2.59. The van der Waals surface area contributed by atoms with Gasteiger partial charge in [-0.15, -0.1) is 0 Å². The molecular formula is C21H26N4O5S. The number of methoxy groups -OCH3 is 1. The van der Waals surface area contributed by atoms with E-state index in [0.29, 0.717) is 49.7 Å². The maximum absolute atomic E-state index is 13.2.